The largest absolute Gasteiger partial charge is 0.344 e. The molecule has 3 aromatic rings. The molecule has 0 radical (unpaired) electrons. The zero-order valence-corrected chi connectivity index (χ0v) is 33.2. The lowest BCUT2D eigenvalue weighted by molar-refractivity contribution is -0.140. The van der Waals surface area contributed by atoms with Gasteiger partial charge in [0.25, 0.3) is 0 Å². The molecule has 4 fully saturated rings. The molecular formula is C46H52N6O4. The number of benzene rings is 2. The second kappa shape index (κ2) is 15.0. The number of imidazole rings is 1. The third-order valence-electron chi connectivity index (χ3n) is 12.5. The minimum absolute atomic E-state index is 0.00969. The van der Waals surface area contributed by atoms with Crippen LogP contribution in [-0.2, 0) is 19.2 Å². The fraction of sp³-hybridized carbons (Fsp3) is 0.478. The summed E-state index contributed by atoms with van der Waals surface area (Å²) in [6.45, 7) is 11.0. The fourth-order valence-corrected chi connectivity index (χ4v) is 9.24. The number of fused-ring (bicyclic) bond motifs is 2. The van der Waals surface area contributed by atoms with Crippen LogP contribution in [0.25, 0.3) is 11.4 Å². The summed E-state index contributed by atoms with van der Waals surface area (Å²) in [7, 11) is 0. The summed E-state index contributed by atoms with van der Waals surface area (Å²) in [5.74, 6) is 8.19. The normalized spacial score (nSPS) is 25.5. The SMILES string of the molecule is CC(=O)C[C@H](C(=O)N1[C@@H]2C[C@@H]2C[C@H]1C1=CN=C(c2ccc(C#Cc3ccc(-c4ncc([C@@H]5C[C@H]6C[C@H]6N5C(=O)[C@@H](NC(C)=O)C(C)C)[nH]4)cc3)cc2)C1)C(C)C. The van der Waals surface area contributed by atoms with Crippen LogP contribution in [-0.4, -0.2) is 73.2 Å². The second-order valence-corrected chi connectivity index (χ2v) is 17.3. The Hall–Kier alpha value is -5.30. The van der Waals surface area contributed by atoms with Crippen molar-refractivity contribution in [2.24, 2.45) is 34.6 Å². The Bertz CT molecular complexity index is 2170. The number of rotatable bonds is 11. The van der Waals surface area contributed by atoms with E-state index < -0.39 is 6.04 Å². The number of ketones is 1. The van der Waals surface area contributed by atoms with Crippen molar-refractivity contribution in [3.05, 3.63) is 88.9 Å². The van der Waals surface area contributed by atoms with Crippen molar-refractivity contribution in [3.8, 4) is 23.2 Å². The van der Waals surface area contributed by atoms with Crippen LogP contribution in [0.15, 0.2) is 71.5 Å². The Kier molecular flexibility index (Phi) is 10.1. The number of carbonyl (C=O) groups is 4. The summed E-state index contributed by atoms with van der Waals surface area (Å²) >= 11 is 0. The summed E-state index contributed by atoms with van der Waals surface area (Å²) in [6.07, 6.45) is 8.79. The number of aromatic nitrogens is 2. The maximum Gasteiger partial charge on any atom is 0.246 e. The molecule has 2 saturated heterocycles. The average Bonchev–Trinajstić information content (AvgIpc) is 3.76. The monoisotopic (exact) mass is 752 g/mol. The summed E-state index contributed by atoms with van der Waals surface area (Å²) in [4.78, 5) is 68.4. The van der Waals surface area contributed by atoms with Crippen molar-refractivity contribution in [1.82, 2.24) is 25.1 Å². The molecule has 4 heterocycles. The van der Waals surface area contributed by atoms with Crippen LogP contribution in [0.4, 0.5) is 0 Å². The zero-order chi connectivity index (χ0) is 39.4. The minimum atomic E-state index is -0.544. The number of hydrogen-bond acceptors (Lipinski definition) is 6. The molecule has 2 aromatic carbocycles. The first-order valence-electron chi connectivity index (χ1n) is 20.3. The molecule has 10 nitrogen and oxygen atoms in total. The number of piperidine rings is 2. The van der Waals surface area contributed by atoms with Crippen LogP contribution in [0, 0.1) is 41.4 Å². The van der Waals surface area contributed by atoms with Gasteiger partial charge in [0.15, 0.2) is 0 Å². The molecule has 3 amide bonds. The van der Waals surface area contributed by atoms with Crippen molar-refractivity contribution in [1.29, 1.82) is 0 Å². The maximum atomic E-state index is 13.8. The minimum Gasteiger partial charge on any atom is -0.344 e. The average molecular weight is 753 g/mol. The molecule has 0 unspecified atom stereocenters. The van der Waals surface area contributed by atoms with Crippen LogP contribution in [0.1, 0.15) is 108 Å². The first kappa shape index (κ1) is 37.6. The van der Waals surface area contributed by atoms with Gasteiger partial charge in [-0.05, 0) is 91.7 Å². The number of nitrogens with zero attached hydrogens (tertiary/aromatic N) is 4. The van der Waals surface area contributed by atoms with Crippen molar-refractivity contribution >= 4 is 29.2 Å². The van der Waals surface area contributed by atoms with Crippen LogP contribution >= 0.6 is 0 Å². The number of carbonyl (C=O) groups excluding carboxylic acids is 4. The highest BCUT2D eigenvalue weighted by Gasteiger charge is 2.57. The van der Waals surface area contributed by atoms with E-state index in [0.29, 0.717) is 24.3 Å². The van der Waals surface area contributed by atoms with E-state index in [1.165, 1.54) is 12.5 Å². The standard InChI is InChI=1S/C46H52N6O4/c1-25(2)36(17-27(5)53)45(55)51-39-19-33(39)21-41(51)35-18-37(47-23-35)31-13-9-29(10-14-31)7-8-30-11-15-32(16-12-30)44-48-24-38(50-44)42-22-34-20-40(34)52(42)46(56)43(26(3)4)49-28(6)54/h9-16,23-26,33-34,36,39-43H,17-22H2,1-6H3,(H,48,50)(H,49,54)/t33-,34-,36+,39-,40-,41+,42+,43+/m1/s1. The van der Waals surface area contributed by atoms with Gasteiger partial charge in [-0.1, -0.05) is 63.8 Å². The van der Waals surface area contributed by atoms with Gasteiger partial charge in [0.1, 0.15) is 17.6 Å². The predicted molar refractivity (Wildman–Crippen MR) is 215 cm³/mol. The van der Waals surface area contributed by atoms with E-state index in [1.54, 1.807) is 6.92 Å². The summed E-state index contributed by atoms with van der Waals surface area (Å²) in [5, 5.41) is 2.87. The molecule has 10 heteroatoms. The lowest BCUT2D eigenvalue weighted by Gasteiger charge is -2.33. The molecule has 56 heavy (non-hydrogen) atoms. The Balaban J connectivity index is 0.880. The smallest absolute Gasteiger partial charge is 0.246 e. The molecule has 1 aromatic heterocycles. The van der Waals surface area contributed by atoms with E-state index in [2.05, 4.69) is 44.2 Å². The van der Waals surface area contributed by atoms with Crippen LogP contribution in [0.5, 0.6) is 0 Å². The molecule has 8 atom stereocenters. The van der Waals surface area contributed by atoms with Crippen molar-refractivity contribution in [2.75, 3.05) is 0 Å². The van der Waals surface area contributed by atoms with Crippen molar-refractivity contribution < 1.29 is 19.2 Å². The van der Waals surface area contributed by atoms with Crippen molar-refractivity contribution in [3.63, 3.8) is 0 Å². The Morgan fingerprint density at radius 3 is 1.95 bits per heavy atom. The molecule has 0 spiro atoms. The van der Waals surface area contributed by atoms with E-state index in [0.717, 1.165) is 71.6 Å². The fourth-order valence-electron chi connectivity index (χ4n) is 9.24. The third-order valence-corrected chi connectivity index (χ3v) is 12.5. The predicted octanol–water partition coefficient (Wildman–Crippen LogP) is 6.62. The van der Waals surface area contributed by atoms with Gasteiger partial charge in [-0.2, -0.15) is 0 Å². The zero-order valence-electron chi connectivity index (χ0n) is 33.2. The molecular weight excluding hydrogens is 701 g/mol. The van der Waals surface area contributed by atoms with E-state index in [-0.39, 0.29) is 59.4 Å². The quantitative estimate of drug-likeness (QED) is 0.213. The topological polar surface area (TPSA) is 128 Å². The van der Waals surface area contributed by atoms with Gasteiger partial charge in [-0.25, -0.2) is 4.98 Å². The number of aromatic amines is 1. The number of amides is 3. The Morgan fingerprint density at radius 1 is 0.786 bits per heavy atom. The van der Waals surface area contributed by atoms with E-state index in [4.69, 9.17) is 4.99 Å². The van der Waals surface area contributed by atoms with Gasteiger partial charge in [0, 0.05) is 60.7 Å². The summed E-state index contributed by atoms with van der Waals surface area (Å²) in [6, 6.07) is 16.1. The van der Waals surface area contributed by atoms with Crippen LogP contribution in [0.2, 0.25) is 0 Å². The summed E-state index contributed by atoms with van der Waals surface area (Å²) < 4.78 is 0. The Morgan fingerprint density at radius 2 is 1.38 bits per heavy atom. The third kappa shape index (κ3) is 7.48. The number of H-pyrrole nitrogens is 1. The first-order chi connectivity index (χ1) is 26.9. The molecule has 0 bridgehead atoms. The van der Waals surface area contributed by atoms with E-state index in [1.807, 2.05) is 81.4 Å². The van der Waals surface area contributed by atoms with Gasteiger partial charge < -0.3 is 24.9 Å². The van der Waals surface area contributed by atoms with Crippen LogP contribution < -0.4 is 5.32 Å². The van der Waals surface area contributed by atoms with Gasteiger partial charge in [0.05, 0.1) is 29.7 Å². The molecule has 8 rings (SSSR count). The lowest BCUT2D eigenvalue weighted by Crippen LogP contribution is -2.51. The highest BCUT2D eigenvalue weighted by molar-refractivity contribution is 6.04. The first-order valence-corrected chi connectivity index (χ1v) is 20.3. The Labute approximate surface area is 329 Å². The lowest BCUT2D eigenvalue weighted by atomic mass is 9.88. The van der Waals surface area contributed by atoms with Gasteiger partial charge >= 0.3 is 0 Å². The van der Waals surface area contributed by atoms with Gasteiger partial charge in [0.2, 0.25) is 17.7 Å². The maximum absolute atomic E-state index is 13.8. The number of Topliss-reactive ketones (excluding diaryl/α,β-unsaturated/α-hetero) is 1. The number of nitrogens with one attached hydrogen (secondary N) is 2. The highest BCUT2D eigenvalue weighted by Crippen LogP contribution is 2.54. The number of aliphatic imine (C=N–C) groups is 1. The van der Waals surface area contributed by atoms with Gasteiger partial charge in [-0.3, -0.25) is 19.4 Å². The molecule has 5 aliphatic rings. The number of hydrogen-bond donors (Lipinski definition) is 2. The molecule has 3 aliphatic heterocycles. The second-order valence-electron chi connectivity index (χ2n) is 17.3. The molecule has 290 valence electrons. The molecule has 2 saturated carbocycles. The highest BCUT2D eigenvalue weighted by atomic mass is 16.2. The van der Waals surface area contributed by atoms with E-state index >= 15 is 0 Å². The van der Waals surface area contributed by atoms with Crippen LogP contribution in [0.3, 0.4) is 0 Å². The van der Waals surface area contributed by atoms with E-state index in [9.17, 15) is 19.2 Å². The van der Waals surface area contributed by atoms with Crippen molar-refractivity contribution in [2.45, 2.75) is 110 Å². The number of likely N-dealkylation sites (tertiary alicyclic amines) is 2. The summed E-state index contributed by atoms with van der Waals surface area (Å²) in [5.41, 5.74) is 6.90. The van der Waals surface area contributed by atoms with Gasteiger partial charge in [-0.15, -0.1) is 0 Å². The molecule has 2 aliphatic carbocycles. The molecule has 2 N–H and O–H groups in total.